The summed E-state index contributed by atoms with van der Waals surface area (Å²) in [7, 11) is -3.82. The van der Waals surface area contributed by atoms with E-state index in [9.17, 15) is 13.2 Å². The number of carbonyl (C=O) groups excluding carboxylic acids is 1. The summed E-state index contributed by atoms with van der Waals surface area (Å²) in [5, 5.41) is 5.34. The Morgan fingerprint density at radius 3 is 2.37 bits per heavy atom. The van der Waals surface area contributed by atoms with Gasteiger partial charge in [-0.05, 0) is 47.6 Å². The van der Waals surface area contributed by atoms with Crippen LogP contribution in [-0.2, 0) is 27.7 Å². The summed E-state index contributed by atoms with van der Waals surface area (Å²) in [6.07, 6.45) is 2.95. The average Bonchev–Trinajstić information content (AvgIpc) is 3.09. The molecule has 1 N–H and O–H groups in total. The van der Waals surface area contributed by atoms with Crippen LogP contribution in [0.25, 0.3) is 10.8 Å². The van der Waals surface area contributed by atoms with Gasteiger partial charge < -0.3 is 5.32 Å². The number of halogens is 3. The molecule has 0 radical (unpaired) electrons. The fraction of sp³-hybridized carbons (Fsp3) is 0.190. The van der Waals surface area contributed by atoms with Crippen LogP contribution < -0.4 is 9.62 Å². The molecule has 0 unspecified atom stereocenters. The maximum absolute atomic E-state index is 12.8. The van der Waals surface area contributed by atoms with Gasteiger partial charge >= 0.3 is 0 Å². The van der Waals surface area contributed by atoms with Gasteiger partial charge in [0.25, 0.3) is 0 Å². The van der Waals surface area contributed by atoms with Crippen molar-refractivity contribution in [3.05, 3.63) is 68.7 Å². The zero-order chi connectivity index (χ0) is 21.6. The first-order valence-corrected chi connectivity index (χ1v) is 12.1. The third-order valence-corrected chi connectivity index (χ3v) is 7.25. The molecule has 0 aliphatic heterocycles. The van der Waals surface area contributed by atoms with Gasteiger partial charge in [-0.2, -0.15) is 0 Å². The van der Waals surface area contributed by atoms with E-state index in [1.54, 1.807) is 0 Å². The predicted molar refractivity (Wildman–Crippen MR) is 124 cm³/mol. The Morgan fingerprint density at radius 1 is 1.00 bits per heavy atom. The van der Waals surface area contributed by atoms with Crippen LogP contribution in [-0.4, -0.2) is 27.1 Å². The molecule has 0 atom stereocenters. The number of hydrogen-bond acceptors (Lipinski definition) is 3. The average molecular weight is 484 g/mol. The van der Waals surface area contributed by atoms with Crippen molar-refractivity contribution in [3.8, 4) is 0 Å². The topological polar surface area (TPSA) is 66.5 Å². The first-order chi connectivity index (χ1) is 14.1. The zero-order valence-corrected chi connectivity index (χ0v) is 19.0. The van der Waals surface area contributed by atoms with Crippen LogP contribution in [0.3, 0.4) is 0 Å². The fourth-order valence-electron chi connectivity index (χ4n) is 3.76. The highest BCUT2D eigenvalue weighted by molar-refractivity contribution is 7.92. The molecule has 9 heteroatoms. The number of hydrogen-bond donors (Lipinski definition) is 1. The van der Waals surface area contributed by atoms with Gasteiger partial charge in [-0.3, -0.25) is 9.10 Å². The molecule has 0 spiro atoms. The van der Waals surface area contributed by atoms with Gasteiger partial charge in [-0.15, -0.1) is 0 Å². The number of nitrogens with one attached hydrogen (secondary N) is 1. The lowest BCUT2D eigenvalue weighted by Crippen LogP contribution is -2.37. The summed E-state index contributed by atoms with van der Waals surface area (Å²) >= 11 is 18.2. The third kappa shape index (κ3) is 3.97. The largest absolute Gasteiger partial charge is 0.324 e. The Hall–Kier alpha value is -1.99. The van der Waals surface area contributed by atoms with Crippen LogP contribution in [0.5, 0.6) is 0 Å². The van der Waals surface area contributed by atoms with E-state index in [0.29, 0.717) is 5.69 Å². The maximum Gasteiger partial charge on any atom is 0.245 e. The van der Waals surface area contributed by atoms with Crippen molar-refractivity contribution in [2.45, 2.75) is 12.8 Å². The van der Waals surface area contributed by atoms with Crippen LogP contribution in [0.1, 0.15) is 11.1 Å². The number of amides is 1. The van der Waals surface area contributed by atoms with Crippen molar-refractivity contribution < 1.29 is 13.2 Å². The standard InChI is InChI=1S/C21H17Cl3N2O3S/c1-30(28,29)26(19-10-16(23)15(22)9-17(19)24)11-20(27)25-18-8-7-13-6-5-12-3-2-4-14(18)21(12)13/h2-4,7-10H,5-6,11H2,1H3,(H,25,27). The summed E-state index contributed by atoms with van der Waals surface area (Å²) in [6, 6.07) is 12.5. The molecule has 1 amide bonds. The van der Waals surface area contributed by atoms with E-state index in [-0.39, 0.29) is 20.8 Å². The predicted octanol–water partition coefficient (Wildman–Crippen LogP) is 5.30. The molecule has 4 rings (SSSR count). The molecule has 0 fully saturated rings. The molecule has 156 valence electrons. The Labute approximate surface area is 189 Å². The molecule has 3 aromatic carbocycles. The van der Waals surface area contributed by atoms with Gasteiger partial charge in [0.15, 0.2) is 0 Å². The van der Waals surface area contributed by atoms with Gasteiger partial charge in [0, 0.05) is 11.1 Å². The second kappa shape index (κ2) is 7.93. The summed E-state index contributed by atoms with van der Waals surface area (Å²) in [6.45, 7) is -0.459. The fourth-order valence-corrected chi connectivity index (χ4v) is 5.31. The third-order valence-electron chi connectivity index (χ3n) is 5.10. The van der Waals surface area contributed by atoms with Gasteiger partial charge in [0.1, 0.15) is 6.54 Å². The van der Waals surface area contributed by atoms with Crippen molar-refractivity contribution in [3.63, 3.8) is 0 Å². The highest BCUT2D eigenvalue weighted by atomic mass is 35.5. The van der Waals surface area contributed by atoms with Crippen molar-refractivity contribution in [1.29, 1.82) is 0 Å². The lowest BCUT2D eigenvalue weighted by molar-refractivity contribution is -0.114. The van der Waals surface area contributed by atoms with Crippen molar-refractivity contribution in [2.24, 2.45) is 0 Å². The second-order valence-electron chi connectivity index (χ2n) is 7.15. The minimum absolute atomic E-state index is 0.0768. The molecule has 0 aromatic heterocycles. The van der Waals surface area contributed by atoms with E-state index in [1.165, 1.54) is 23.3 Å². The SMILES string of the molecule is CS(=O)(=O)N(CC(=O)Nc1ccc2c3c(cccc13)CC2)c1cc(Cl)c(Cl)cc1Cl. The summed E-state index contributed by atoms with van der Waals surface area (Å²) < 4.78 is 25.7. The number of rotatable bonds is 5. The minimum atomic E-state index is -3.82. The van der Waals surface area contributed by atoms with Crippen LogP contribution in [0, 0.1) is 0 Å². The van der Waals surface area contributed by atoms with E-state index in [2.05, 4.69) is 11.4 Å². The molecule has 5 nitrogen and oxygen atoms in total. The molecule has 0 saturated carbocycles. The molecule has 30 heavy (non-hydrogen) atoms. The van der Waals surface area contributed by atoms with Gasteiger partial charge in [-0.1, -0.05) is 59.1 Å². The first kappa shape index (κ1) is 21.2. The molecule has 3 aromatic rings. The lowest BCUT2D eigenvalue weighted by Gasteiger charge is -2.23. The molecule has 1 aliphatic rings. The number of sulfonamides is 1. The Morgan fingerprint density at radius 2 is 1.67 bits per heavy atom. The smallest absolute Gasteiger partial charge is 0.245 e. The Bertz CT molecular complexity index is 1280. The van der Waals surface area contributed by atoms with Gasteiger partial charge in [0.2, 0.25) is 15.9 Å². The molecule has 1 aliphatic carbocycles. The van der Waals surface area contributed by atoms with Crippen molar-refractivity contribution in [1.82, 2.24) is 0 Å². The molecule has 0 heterocycles. The Kier molecular flexibility index (Phi) is 5.62. The van der Waals surface area contributed by atoms with Gasteiger partial charge in [0.05, 0.1) is 27.0 Å². The van der Waals surface area contributed by atoms with E-state index < -0.39 is 22.5 Å². The summed E-state index contributed by atoms with van der Waals surface area (Å²) in [4.78, 5) is 12.8. The Balaban J connectivity index is 1.66. The van der Waals surface area contributed by atoms with Crippen LogP contribution in [0.4, 0.5) is 11.4 Å². The number of anilines is 2. The highest BCUT2D eigenvalue weighted by Crippen LogP contribution is 2.37. The second-order valence-corrected chi connectivity index (χ2v) is 10.3. The van der Waals surface area contributed by atoms with E-state index in [0.717, 1.165) is 34.2 Å². The zero-order valence-electron chi connectivity index (χ0n) is 15.9. The lowest BCUT2D eigenvalue weighted by atomic mass is 10.0. The molecular weight excluding hydrogens is 467 g/mol. The van der Waals surface area contributed by atoms with Crippen LogP contribution in [0.2, 0.25) is 15.1 Å². The van der Waals surface area contributed by atoms with Crippen molar-refractivity contribution >= 4 is 72.9 Å². The summed E-state index contributed by atoms with van der Waals surface area (Å²) in [5.41, 5.74) is 3.22. The number of carbonyl (C=O) groups is 1. The molecular formula is C21H17Cl3N2O3S. The van der Waals surface area contributed by atoms with Crippen molar-refractivity contribution in [2.75, 3.05) is 22.4 Å². The number of aryl methyl sites for hydroxylation is 2. The first-order valence-electron chi connectivity index (χ1n) is 9.11. The van der Waals surface area contributed by atoms with E-state index >= 15 is 0 Å². The van der Waals surface area contributed by atoms with Crippen LogP contribution in [0.15, 0.2) is 42.5 Å². The maximum atomic E-state index is 12.8. The number of nitrogens with zero attached hydrogens (tertiary/aromatic N) is 1. The van der Waals surface area contributed by atoms with E-state index in [1.807, 2.05) is 24.3 Å². The summed E-state index contributed by atoms with van der Waals surface area (Å²) in [5.74, 6) is -0.499. The normalized spacial score (nSPS) is 12.9. The number of benzene rings is 3. The molecule has 0 saturated heterocycles. The van der Waals surface area contributed by atoms with Crippen LogP contribution >= 0.6 is 34.8 Å². The monoisotopic (exact) mass is 482 g/mol. The quantitative estimate of drug-likeness (QED) is 0.501. The highest BCUT2D eigenvalue weighted by Gasteiger charge is 2.25. The minimum Gasteiger partial charge on any atom is -0.324 e. The van der Waals surface area contributed by atoms with E-state index in [4.69, 9.17) is 34.8 Å². The molecule has 0 bridgehead atoms. The van der Waals surface area contributed by atoms with Gasteiger partial charge in [-0.25, -0.2) is 8.42 Å².